The normalized spacial score (nSPS) is 14.3. The molecule has 158 valence electrons. The molecule has 2 aromatic carbocycles. The summed E-state index contributed by atoms with van der Waals surface area (Å²) in [5.74, 6) is -0.626. The number of nitrogens with one attached hydrogen (secondary N) is 1. The molecule has 0 unspecified atom stereocenters. The minimum atomic E-state index is -0.725. The highest BCUT2D eigenvalue weighted by atomic mass is 35.5. The van der Waals surface area contributed by atoms with E-state index in [0.717, 1.165) is 36.0 Å². The highest BCUT2D eigenvalue weighted by molar-refractivity contribution is 6.35. The number of anilines is 1. The predicted molar refractivity (Wildman–Crippen MR) is 119 cm³/mol. The van der Waals surface area contributed by atoms with Crippen LogP contribution in [0.25, 0.3) is 33.5 Å². The first kappa shape index (κ1) is 20.2. The summed E-state index contributed by atoms with van der Waals surface area (Å²) >= 11 is 12.5. The van der Waals surface area contributed by atoms with Crippen LogP contribution in [0.3, 0.4) is 0 Å². The first-order valence-corrected chi connectivity index (χ1v) is 10.4. The zero-order chi connectivity index (χ0) is 21.7. The maximum atomic E-state index is 14.3. The minimum absolute atomic E-state index is 0.0713. The summed E-state index contributed by atoms with van der Waals surface area (Å²) in [5, 5.41) is 1.01. The van der Waals surface area contributed by atoms with Crippen molar-refractivity contribution in [1.29, 1.82) is 0 Å². The molecule has 9 heteroatoms. The van der Waals surface area contributed by atoms with Gasteiger partial charge in [-0.05, 0) is 36.4 Å². The Hall–Kier alpha value is -2.74. The van der Waals surface area contributed by atoms with E-state index in [-0.39, 0.29) is 11.0 Å². The predicted octanol–water partition coefficient (Wildman–Crippen LogP) is 5.27. The molecule has 1 aliphatic rings. The van der Waals surface area contributed by atoms with Gasteiger partial charge in [0.1, 0.15) is 17.2 Å². The van der Waals surface area contributed by atoms with Gasteiger partial charge in [-0.3, -0.25) is 4.98 Å². The Morgan fingerprint density at radius 1 is 1.03 bits per heavy atom. The Morgan fingerprint density at radius 3 is 2.45 bits per heavy atom. The number of nitrogens with zero attached hydrogens (tertiary/aromatic N) is 3. The molecule has 3 heterocycles. The van der Waals surface area contributed by atoms with E-state index < -0.39 is 11.6 Å². The molecule has 31 heavy (non-hydrogen) atoms. The number of benzene rings is 2. The number of aromatic amines is 1. The molecular weight excluding hydrogens is 443 g/mol. The number of pyridine rings is 1. The van der Waals surface area contributed by atoms with E-state index in [1.165, 1.54) is 6.07 Å². The van der Waals surface area contributed by atoms with Gasteiger partial charge in [-0.2, -0.15) is 0 Å². The largest absolute Gasteiger partial charge is 0.370 e. The van der Waals surface area contributed by atoms with E-state index in [1.54, 1.807) is 18.5 Å². The number of hydrogen-bond acceptors (Lipinski definition) is 4. The van der Waals surface area contributed by atoms with Crippen LogP contribution >= 0.6 is 23.2 Å². The van der Waals surface area contributed by atoms with Gasteiger partial charge in [0.15, 0.2) is 5.82 Å². The zero-order valence-electron chi connectivity index (χ0n) is 16.2. The lowest BCUT2D eigenvalue weighted by Gasteiger charge is -2.42. The summed E-state index contributed by atoms with van der Waals surface area (Å²) in [6.45, 7) is 2.11. The molecule has 0 spiro atoms. The maximum Gasteiger partial charge on any atom is 0.153 e. The summed E-state index contributed by atoms with van der Waals surface area (Å²) in [4.78, 5) is 14.0. The van der Waals surface area contributed by atoms with Gasteiger partial charge in [-0.15, -0.1) is 0 Å². The van der Waals surface area contributed by atoms with Crippen molar-refractivity contribution in [3.8, 4) is 22.5 Å². The van der Waals surface area contributed by atoms with Crippen molar-refractivity contribution in [3.05, 3.63) is 64.4 Å². The van der Waals surface area contributed by atoms with Gasteiger partial charge in [-0.1, -0.05) is 23.2 Å². The van der Waals surface area contributed by atoms with Crippen molar-refractivity contribution in [2.24, 2.45) is 11.7 Å². The Labute approximate surface area is 186 Å². The van der Waals surface area contributed by atoms with Gasteiger partial charge >= 0.3 is 0 Å². The van der Waals surface area contributed by atoms with Crippen LogP contribution in [0, 0.1) is 17.6 Å². The Bertz CT molecular complexity index is 1280. The average molecular weight is 460 g/mol. The molecule has 3 N–H and O–H groups in total. The quantitative estimate of drug-likeness (QED) is 0.435. The molecule has 1 fully saturated rings. The molecule has 1 saturated heterocycles. The van der Waals surface area contributed by atoms with Crippen molar-refractivity contribution < 1.29 is 8.78 Å². The number of imidazole rings is 1. The number of aromatic nitrogens is 3. The highest BCUT2D eigenvalue weighted by Gasteiger charge is 2.31. The maximum absolute atomic E-state index is 14.3. The van der Waals surface area contributed by atoms with E-state index in [0.29, 0.717) is 33.9 Å². The topological polar surface area (TPSA) is 70.8 Å². The van der Waals surface area contributed by atoms with Crippen LogP contribution in [-0.4, -0.2) is 34.6 Å². The van der Waals surface area contributed by atoms with E-state index in [1.807, 2.05) is 12.1 Å². The van der Waals surface area contributed by atoms with Crippen molar-refractivity contribution in [1.82, 2.24) is 15.0 Å². The summed E-state index contributed by atoms with van der Waals surface area (Å²) in [5.41, 5.74) is 9.30. The molecule has 0 atom stereocenters. The second kappa shape index (κ2) is 7.75. The van der Waals surface area contributed by atoms with Crippen LogP contribution in [0.1, 0.15) is 0 Å². The summed E-state index contributed by atoms with van der Waals surface area (Å²) < 4.78 is 27.9. The van der Waals surface area contributed by atoms with Gasteiger partial charge in [0, 0.05) is 53.1 Å². The third-order valence-electron chi connectivity index (χ3n) is 5.46. The SMILES string of the molecule is NCC1CN(c2c(-c3cc(Cl)cc(Cl)c3)cncc2-c2nc3c(F)cc(F)cc3[nH]2)C1. The summed E-state index contributed by atoms with van der Waals surface area (Å²) in [6.07, 6.45) is 3.40. The molecular formula is C22H17Cl2F2N5. The van der Waals surface area contributed by atoms with Crippen LogP contribution < -0.4 is 10.6 Å². The van der Waals surface area contributed by atoms with Crippen LogP contribution in [0.4, 0.5) is 14.5 Å². The lowest BCUT2D eigenvalue weighted by atomic mass is 9.94. The fourth-order valence-electron chi connectivity index (χ4n) is 3.96. The number of H-pyrrole nitrogens is 1. The van der Waals surface area contributed by atoms with Gasteiger partial charge in [0.25, 0.3) is 0 Å². The van der Waals surface area contributed by atoms with E-state index in [2.05, 4.69) is 19.9 Å². The van der Waals surface area contributed by atoms with Crippen LogP contribution in [-0.2, 0) is 0 Å². The molecule has 0 aliphatic carbocycles. The molecule has 2 aromatic heterocycles. The summed E-state index contributed by atoms with van der Waals surface area (Å²) in [6, 6.07) is 7.32. The van der Waals surface area contributed by atoms with Crippen molar-refractivity contribution >= 4 is 39.9 Å². The fourth-order valence-corrected chi connectivity index (χ4v) is 4.49. The van der Waals surface area contributed by atoms with Gasteiger partial charge in [0.2, 0.25) is 0 Å². The molecule has 0 bridgehead atoms. The second-order valence-corrected chi connectivity index (χ2v) is 8.49. The monoisotopic (exact) mass is 459 g/mol. The van der Waals surface area contributed by atoms with Gasteiger partial charge in [-0.25, -0.2) is 13.8 Å². The molecule has 0 amide bonds. The Balaban J connectivity index is 1.71. The number of hydrogen-bond donors (Lipinski definition) is 2. The number of rotatable bonds is 4. The standard InChI is InChI=1S/C22H17Cl2F2N5/c23-13-1-12(2-14(24)3-13)16-7-28-8-17(21(16)31-9-11(6-27)10-31)22-29-19-5-15(25)4-18(26)20(19)30-22/h1-5,7-8,11H,6,9-10,27H2,(H,29,30). The van der Waals surface area contributed by atoms with Gasteiger partial charge in [0.05, 0.1) is 16.8 Å². The zero-order valence-corrected chi connectivity index (χ0v) is 17.7. The third kappa shape index (κ3) is 3.63. The molecule has 0 radical (unpaired) electrons. The van der Waals surface area contributed by atoms with Gasteiger partial charge < -0.3 is 15.6 Å². The smallest absolute Gasteiger partial charge is 0.153 e. The van der Waals surface area contributed by atoms with E-state index >= 15 is 0 Å². The number of halogens is 4. The van der Waals surface area contributed by atoms with Crippen LogP contribution in [0.15, 0.2) is 42.7 Å². The lowest BCUT2D eigenvalue weighted by molar-refractivity contribution is 0.421. The Kier molecular flexibility index (Phi) is 5.04. The van der Waals surface area contributed by atoms with Crippen molar-refractivity contribution in [2.75, 3.05) is 24.5 Å². The van der Waals surface area contributed by atoms with Crippen molar-refractivity contribution in [3.63, 3.8) is 0 Å². The molecule has 0 saturated carbocycles. The van der Waals surface area contributed by atoms with Crippen molar-refractivity contribution in [2.45, 2.75) is 0 Å². The summed E-state index contributed by atoms with van der Waals surface area (Å²) in [7, 11) is 0. The Morgan fingerprint density at radius 2 is 1.74 bits per heavy atom. The average Bonchev–Trinajstić information content (AvgIpc) is 3.10. The number of fused-ring (bicyclic) bond motifs is 1. The first-order valence-electron chi connectivity index (χ1n) is 9.67. The van der Waals surface area contributed by atoms with E-state index in [4.69, 9.17) is 28.9 Å². The van der Waals surface area contributed by atoms with E-state index in [9.17, 15) is 8.78 Å². The molecule has 1 aliphatic heterocycles. The number of nitrogens with two attached hydrogens (primary N) is 1. The minimum Gasteiger partial charge on any atom is -0.370 e. The molecule has 5 rings (SSSR count). The highest BCUT2D eigenvalue weighted by Crippen LogP contribution is 2.42. The third-order valence-corrected chi connectivity index (χ3v) is 5.89. The molecule has 4 aromatic rings. The first-order chi connectivity index (χ1) is 14.9. The molecule has 5 nitrogen and oxygen atoms in total. The second-order valence-electron chi connectivity index (χ2n) is 7.62. The fraction of sp³-hybridized carbons (Fsp3) is 0.182. The lowest BCUT2D eigenvalue weighted by Crippen LogP contribution is -2.50. The van der Waals surface area contributed by atoms with Crippen LogP contribution in [0.2, 0.25) is 10.0 Å². The van der Waals surface area contributed by atoms with Crippen LogP contribution in [0.5, 0.6) is 0 Å².